The van der Waals surface area contributed by atoms with Gasteiger partial charge in [-0.15, -0.1) is 0 Å². The van der Waals surface area contributed by atoms with E-state index in [1.165, 1.54) is 4.90 Å². The Morgan fingerprint density at radius 2 is 1.79 bits per heavy atom. The molecule has 8 heteroatoms. The smallest absolute Gasteiger partial charge is 0.338 e. The Bertz CT molecular complexity index is 1050. The quantitative estimate of drug-likeness (QED) is 0.616. The van der Waals surface area contributed by atoms with Gasteiger partial charge < -0.3 is 19.7 Å². The van der Waals surface area contributed by atoms with Crippen molar-refractivity contribution < 1.29 is 28.7 Å². The lowest BCUT2D eigenvalue weighted by Gasteiger charge is -2.17. The van der Waals surface area contributed by atoms with Gasteiger partial charge in [0.2, 0.25) is 5.91 Å². The third-order valence-electron chi connectivity index (χ3n) is 5.53. The minimum atomic E-state index is -0.666. The van der Waals surface area contributed by atoms with Crippen LogP contribution in [0.2, 0.25) is 0 Å². The first-order chi connectivity index (χ1) is 15.8. The second-order valence-corrected chi connectivity index (χ2v) is 7.99. The predicted molar refractivity (Wildman–Crippen MR) is 123 cm³/mol. The fourth-order valence-corrected chi connectivity index (χ4v) is 3.50. The number of nitrogens with zero attached hydrogens (tertiary/aromatic N) is 1. The molecule has 0 aromatic heterocycles. The normalized spacial score (nSPS) is 15.3. The molecule has 1 atom stereocenters. The molecule has 1 fully saturated rings. The van der Waals surface area contributed by atoms with Gasteiger partial charge in [0.1, 0.15) is 0 Å². The number of esters is 2. The van der Waals surface area contributed by atoms with E-state index in [-0.39, 0.29) is 18.9 Å². The number of amides is 2. The third-order valence-corrected chi connectivity index (χ3v) is 5.53. The van der Waals surface area contributed by atoms with E-state index >= 15 is 0 Å². The largest absolute Gasteiger partial charge is 0.462 e. The van der Waals surface area contributed by atoms with Crippen LogP contribution in [0.3, 0.4) is 0 Å². The van der Waals surface area contributed by atoms with Crippen LogP contribution >= 0.6 is 0 Å². The molecule has 8 nitrogen and oxygen atoms in total. The molecule has 3 rings (SSSR count). The number of rotatable bonds is 8. The van der Waals surface area contributed by atoms with Crippen LogP contribution in [0, 0.1) is 19.8 Å². The van der Waals surface area contributed by atoms with E-state index in [4.69, 9.17) is 9.47 Å². The molecule has 1 saturated heterocycles. The van der Waals surface area contributed by atoms with Gasteiger partial charge in [-0.3, -0.25) is 14.4 Å². The Hall–Kier alpha value is -3.68. The Labute approximate surface area is 192 Å². The van der Waals surface area contributed by atoms with Gasteiger partial charge in [0, 0.05) is 24.3 Å². The van der Waals surface area contributed by atoms with Crippen LogP contribution in [0.15, 0.2) is 42.5 Å². The van der Waals surface area contributed by atoms with Crippen molar-refractivity contribution in [3.8, 4) is 0 Å². The fraction of sp³-hybridized carbons (Fsp3) is 0.360. The van der Waals surface area contributed by atoms with Crippen molar-refractivity contribution in [1.82, 2.24) is 0 Å². The number of benzene rings is 2. The van der Waals surface area contributed by atoms with E-state index in [1.807, 2.05) is 32.9 Å². The summed E-state index contributed by atoms with van der Waals surface area (Å²) in [6, 6.07) is 12.0. The van der Waals surface area contributed by atoms with Gasteiger partial charge >= 0.3 is 11.9 Å². The molecule has 33 heavy (non-hydrogen) atoms. The van der Waals surface area contributed by atoms with Crippen molar-refractivity contribution in [3.05, 3.63) is 59.2 Å². The van der Waals surface area contributed by atoms with E-state index in [0.717, 1.165) is 17.5 Å². The van der Waals surface area contributed by atoms with Crippen molar-refractivity contribution in [2.45, 2.75) is 33.6 Å². The molecule has 0 aliphatic carbocycles. The van der Waals surface area contributed by atoms with Gasteiger partial charge in [0.25, 0.3) is 5.91 Å². The van der Waals surface area contributed by atoms with E-state index in [1.54, 1.807) is 30.3 Å². The average Bonchev–Trinajstić information content (AvgIpc) is 3.20. The molecule has 1 N–H and O–H groups in total. The number of anilines is 2. The summed E-state index contributed by atoms with van der Waals surface area (Å²) in [6.45, 7) is 5.82. The highest BCUT2D eigenvalue weighted by atomic mass is 16.5. The average molecular weight is 453 g/mol. The first kappa shape index (κ1) is 24.0. The molecule has 2 aromatic rings. The lowest BCUT2D eigenvalue weighted by atomic mass is 10.1. The van der Waals surface area contributed by atoms with Crippen molar-refractivity contribution in [2.75, 3.05) is 30.0 Å². The van der Waals surface area contributed by atoms with Crippen LogP contribution in [0.1, 0.15) is 41.3 Å². The van der Waals surface area contributed by atoms with Crippen molar-refractivity contribution >= 4 is 35.1 Å². The van der Waals surface area contributed by atoms with Gasteiger partial charge in [0.15, 0.2) is 6.61 Å². The second-order valence-electron chi connectivity index (χ2n) is 7.99. The summed E-state index contributed by atoms with van der Waals surface area (Å²) < 4.78 is 10.3. The molecule has 1 aliphatic heterocycles. The number of carbonyl (C=O) groups excluding carboxylic acids is 4. The predicted octanol–water partition coefficient (Wildman–Crippen LogP) is 3.41. The van der Waals surface area contributed by atoms with Crippen molar-refractivity contribution in [2.24, 2.45) is 5.92 Å². The van der Waals surface area contributed by atoms with E-state index in [2.05, 4.69) is 5.32 Å². The van der Waals surface area contributed by atoms with Crippen LogP contribution in [0.5, 0.6) is 0 Å². The molecule has 0 bridgehead atoms. The SMILES string of the molecule is CCCOC(=O)c1ccc(N2CC(C(=O)OCC(=O)Nc3cccc(C)c3C)CC2=O)cc1. The Kier molecular flexibility index (Phi) is 7.82. The van der Waals surface area contributed by atoms with Crippen LogP contribution in [0.25, 0.3) is 0 Å². The highest BCUT2D eigenvalue weighted by Crippen LogP contribution is 2.26. The second kappa shape index (κ2) is 10.8. The number of ether oxygens (including phenoxy) is 2. The number of aryl methyl sites for hydroxylation is 1. The zero-order chi connectivity index (χ0) is 24.0. The molecule has 0 saturated carbocycles. The van der Waals surface area contributed by atoms with E-state index < -0.39 is 30.4 Å². The number of nitrogens with one attached hydrogen (secondary N) is 1. The van der Waals surface area contributed by atoms with Gasteiger partial charge in [-0.25, -0.2) is 4.79 Å². The topological polar surface area (TPSA) is 102 Å². The van der Waals surface area contributed by atoms with Gasteiger partial charge in [-0.05, 0) is 61.7 Å². The lowest BCUT2D eigenvalue weighted by Crippen LogP contribution is -2.28. The molecule has 2 aromatic carbocycles. The summed E-state index contributed by atoms with van der Waals surface area (Å²) in [5, 5.41) is 2.74. The van der Waals surface area contributed by atoms with Gasteiger partial charge in [-0.2, -0.15) is 0 Å². The molecule has 174 valence electrons. The molecule has 1 heterocycles. The summed E-state index contributed by atoms with van der Waals surface area (Å²) in [5.74, 6) is -2.35. The summed E-state index contributed by atoms with van der Waals surface area (Å²) >= 11 is 0. The molecular weight excluding hydrogens is 424 g/mol. The number of carbonyl (C=O) groups is 4. The van der Waals surface area contributed by atoms with Crippen molar-refractivity contribution in [1.29, 1.82) is 0 Å². The Morgan fingerprint density at radius 1 is 1.06 bits per heavy atom. The van der Waals surface area contributed by atoms with Crippen LogP contribution < -0.4 is 10.2 Å². The molecular formula is C25H28N2O6. The highest BCUT2D eigenvalue weighted by Gasteiger charge is 2.36. The maximum atomic E-state index is 12.4. The van der Waals surface area contributed by atoms with Gasteiger partial charge in [-0.1, -0.05) is 19.1 Å². The number of hydrogen-bond acceptors (Lipinski definition) is 6. The summed E-state index contributed by atoms with van der Waals surface area (Å²) in [6.07, 6.45) is 0.731. The Balaban J connectivity index is 1.53. The molecule has 0 radical (unpaired) electrons. The van der Waals surface area contributed by atoms with Crippen molar-refractivity contribution in [3.63, 3.8) is 0 Å². The van der Waals surface area contributed by atoms with E-state index in [9.17, 15) is 19.2 Å². The first-order valence-corrected chi connectivity index (χ1v) is 10.9. The summed E-state index contributed by atoms with van der Waals surface area (Å²) in [4.78, 5) is 50.5. The third kappa shape index (κ3) is 5.97. The van der Waals surface area contributed by atoms with E-state index in [0.29, 0.717) is 23.5 Å². The van der Waals surface area contributed by atoms with Crippen LogP contribution in [0.4, 0.5) is 11.4 Å². The van der Waals surface area contributed by atoms with Crippen LogP contribution in [-0.4, -0.2) is 43.5 Å². The summed E-state index contributed by atoms with van der Waals surface area (Å²) in [7, 11) is 0. The molecule has 1 unspecified atom stereocenters. The van der Waals surface area contributed by atoms with Crippen LogP contribution in [-0.2, 0) is 23.9 Å². The molecule has 2 amide bonds. The zero-order valence-electron chi connectivity index (χ0n) is 19.1. The standard InChI is InChI=1S/C25H28N2O6/c1-4-12-32-24(30)18-8-10-20(11-9-18)27-14-19(13-23(27)29)25(31)33-15-22(28)26-21-7-5-6-16(2)17(21)3/h5-11,19H,4,12-15H2,1-3H3,(H,26,28). The minimum absolute atomic E-state index is 0.00225. The monoisotopic (exact) mass is 452 g/mol. The molecule has 1 aliphatic rings. The zero-order valence-corrected chi connectivity index (χ0v) is 19.1. The highest BCUT2D eigenvalue weighted by molar-refractivity contribution is 6.00. The maximum Gasteiger partial charge on any atom is 0.338 e. The lowest BCUT2D eigenvalue weighted by molar-refractivity contribution is -0.151. The first-order valence-electron chi connectivity index (χ1n) is 10.9. The molecule has 0 spiro atoms. The fourth-order valence-electron chi connectivity index (χ4n) is 3.50. The minimum Gasteiger partial charge on any atom is -0.462 e. The van der Waals surface area contributed by atoms with Gasteiger partial charge in [0.05, 0.1) is 18.1 Å². The summed E-state index contributed by atoms with van der Waals surface area (Å²) in [5.41, 5.74) is 3.62. The maximum absolute atomic E-state index is 12.4. The number of hydrogen-bond donors (Lipinski definition) is 1. The Morgan fingerprint density at radius 3 is 2.48 bits per heavy atom.